The lowest BCUT2D eigenvalue weighted by Crippen LogP contribution is -2.47. The number of anilines is 1. The van der Waals surface area contributed by atoms with E-state index in [-0.39, 0.29) is 17.7 Å². The molecule has 8 heteroatoms. The number of thiazole rings is 1. The summed E-state index contributed by atoms with van der Waals surface area (Å²) in [5.41, 5.74) is 0.760. The highest BCUT2D eigenvalue weighted by Crippen LogP contribution is 2.29. The Bertz CT molecular complexity index is 828. The van der Waals surface area contributed by atoms with Crippen LogP contribution in [0.2, 0.25) is 0 Å². The maximum Gasteiger partial charge on any atom is 0.253 e. The Morgan fingerprint density at radius 2 is 1.96 bits per heavy atom. The van der Waals surface area contributed by atoms with E-state index in [4.69, 9.17) is 11.6 Å². The third kappa shape index (κ3) is 4.00. The predicted octanol–water partition coefficient (Wildman–Crippen LogP) is 2.89. The Kier molecular flexibility index (Phi) is 5.50. The number of aromatic nitrogens is 1. The summed E-state index contributed by atoms with van der Waals surface area (Å²) in [5.74, 6) is 0.107. The van der Waals surface area contributed by atoms with Gasteiger partial charge in [-0.2, -0.15) is 0 Å². The van der Waals surface area contributed by atoms with E-state index in [0.717, 1.165) is 36.4 Å². The average Bonchev–Trinajstić information content (AvgIpc) is 3.03. The minimum atomic E-state index is -0.665. The third-order valence-electron chi connectivity index (χ3n) is 4.60. The van der Waals surface area contributed by atoms with Gasteiger partial charge >= 0.3 is 0 Å². The molecule has 0 saturated carbocycles. The molecule has 1 N–H and O–H groups in total. The number of likely N-dealkylation sites (N-methyl/N-ethyl adjacent to an activating group) is 1. The average molecular weight is 395 g/mol. The van der Waals surface area contributed by atoms with Gasteiger partial charge in [0.15, 0.2) is 5.13 Å². The van der Waals surface area contributed by atoms with Crippen molar-refractivity contribution < 1.29 is 9.59 Å². The van der Waals surface area contributed by atoms with Gasteiger partial charge in [0.05, 0.1) is 15.6 Å². The molecule has 0 bridgehead atoms. The van der Waals surface area contributed by atoms with E-state index in [1.54, 1.807) is 19.9 Å². The van der Waals surface area contributed by atoms with Gasteiger partial charge in [0, 0.05) is 37.6 Å². The summed E-state index contributed by atoms with van der Waals surface area (Å²) < 4.78 is 0.879. The SMILES string of the molecule is CN1CCN(C(=O)c2ccc3nc(NC(=O)C(C)(C)CCl)sc3c2)CC1. The molecule has 140 valence electrons. The van der Waals surface area contributed by atoms with Crippen molar-refractivity contribution in [3.63, 3.8) is 0 Å². The van der Waals surface area contributed by atoms with E-state index >= 15 is 0 Å². The summed E-state index contributed by atoms with van der Waals surface area (Å²) >= 11 is 7.21. The Morgan fingerprint density at radius 3 is 2.62 bits per heavy atom. The first kappa shape index (κ1) is 19.1. The molecule has 0 aliphatic carbocycles. The zero-order valence-electron chi connectivity index (χ0n) is 15.2. The number of amides is 2. The van der Waals surface area contributed by atoms with Gasteiger partial charge in [0.1, 0.15) is 0 Å². The lowest BCUT2D eigenvalue weighted by Gasteiger charge is -2.32. The smallest absolute Gasteiger partial charge is 0.253 e. The fourth-order valence-electron chi connectivity index (χ4n) is 2.63. The first-order chi connectivity index (χ1) is 12.3. The van der Waals surface area contributed by atoms with E-state index < -0.39 is 5.41 Å². The Hall–Kier alpha value is -1.70. The second-order valence-corrected chi connectivity index (χ2v) is 8.57. The highest BCUT2D eigenvalue weighted by molar-refractivity contribution is 7.22. The molecule has 0 spiro atoms. The van der Waals surface area contributed by atoms with E-state index in [9.17, 15) is 9.59 Å². The lowest BCUT2D eigenvalue weighted by atomic mass is 9.95. The minimum absolute atomic E-state index is 0.0438. The van der Waals surface area contributed by atoms with Crippen molar-refractivity contribution >= 4 is 50.1 Å². The van der Waals surface area contributed by atoms with Gasteiger partial charge in [-0.25, -0.2) is 4.98 Å². The largest absolute Gasteiger partial charge is 0.336 e. The van der Waals surface area contributed by atoms with E-state index in [1.807, 2.05) is 17.0 Å². The van der Waals surface area contributed by atoms with Crippen LogP contribution >= 0.6 is 22.9 Å². The van der Waals surface area contributed by atoms with Crippen molar-refractivity contribution in [2.75, 3.05) is 44.4 Å². The molecule has 26 heavy (non-hydrogen) atoms. The molecule has 0 unspecified atom stereocenters. The standard InChI is InChI=1S/C18H23ClN4O2S/c1-18(2,11-19)16(25)21-17-20-13-5-4-12(10-14(13)26-17)15(24)23-8-6-22(3)7-9-23/h4-5,10H,6-9,11H2,1-3H3,(H,20,21,25). The second-order valence-electron chi connectivity index (χ2n) is 7.27. The van der Waals surface area contributed by atoms with Gasteiger partial charge in [-0.3, -0.25) is 9.59 Å². The van der Waals surface area contributed by atoms with Crippen LogP contribution in [0.4, 0.5) is 5.13 Å². The number of nitrogens with zero attached hydrogens (tertiary/aromatic N) is 3. The van der Waals surface area contributed by atoms with E-state index in [1.165, 1.54) is 11.3 Å². The van der Waals surface area contributed by atoms with E-state index in [2.05, 4.69) is 22.2 Å². The Balaban J connectivity index is 1.77. The first-order valence-corrected chi connectivity index (χ1v) is 9.91. The highest BCUT2D eigenvalue weighted by atomic mass is 35.5. The van der Waals surface area contributed by atoms with Crippen molar-refractivity contribution in [1.82, 2.24) is 14.8 Å². The van der Waals surface area contributed by atoms with E-state index in [0.29, 0.717) is 10.7 Å². The summed E-state index contributed by atoms with van der Waals surface area (Å²) in [6.45, 7) is 6.84. The van der Waals surface area contributed by atoms with Crippen LogP contribution in [0.3, 0.4) is 0 Å². The van der Waals surface area contributed by atoms with Crippen LogP contribution in [0.25, 0.3) is 10.2 Å². The van der Waals surface area contributed by atoms with Gasteiger partial charge in [0.25, 0.3) is 5.91 Å². The number of carbonyl (C=O) groups is 2. The van der Waals surface area contributed by atoms with Crippen LogP contribution in [0.15, 0.2) is 18.2 Å². The summed E-state index contributed by atoms with van der Waals surface area (Å²) in [5, 5.41) is 3.34. The van der Waals surface area contributed by atoms with Crippen molar-refractivity contribution in [1.29, 1.82) is 0 Å². The summed E-state index contributed by atoms with van der Waals surface area (Å²) in [6.07, 6.45) is 0. The molecule has 1 aromatic heterocycles. The monoisotopic (exact) mass is 394 g/mol. The molecule has 2 heterocycles. The van der Waals surface area contributed by atoms with Crippen molar-refractivity contribution in [2.24, 2.45) is 5.41 Å². The number of hydrogen-bond donors (Lipinski definition) is 1. The molecular weight excluding hydrogens is 372 g/mol. The van der Waals surface area contributed by atoms with Crippen LogP contribution < -0.4 is 5.32 Å². The first-order valence-electron chi connectivity index (χ1n) is 8.56. The zero-order chi connectivity index (χ0) is 18.9. The highest BCUT2D eigenvalue weighted by Gasteiger charge is 2.27. The third-order valence-corrected chi connectivity index (χ3v) is 6.20. The minimum Gasteiger partial charge on any atom is -0.336 e. The quantitative estimate of drug-likeness (QED) is 0.810. The molecular formula is C18H23ClN4O2S. The number of hydrogen-bond acceptors (Lipinski definition) is 5. The molecule has 1 aliphatic rings. The van der Waals surface area contributed by atoms with Crippen LogP contribution in [0.5, 0.6) is 0 Å². The summed E-state index contributed by atoms with van der Waals surface area (Å²) in [6, 6.07) is 5.49. The number of halogens is 1. The molecule has 1 saturated heterocycles. The molecule has 3 rings (SSSR count). The van der Waals surface area contributed by atoms with Gasteiger partial charge in [-0.15, -0.1) is 11.6 Å². The van der Waals surface area contributed by atoms with Crippen LogP contribution in [0, 0.1) is 5.41 Å². The fraction of sp³-hybridized carbons (Fsp3) is 0.500. The maximum absolute atomic E-state index is 12.7. The normalized spacial score (nSPS) is 16.1. The molecule has 6 nitrogen and oxygen atoms in total. The van der Waals surface area contributed by atoms with Crippen molar-refractivity contribution in [3.8, 4) is 0 Å². The predicted molar refractivity (Wildman–Crippen MR) is 106 cm³/mol. The number of nitrogens with one attached hydrogen (secondary N) is 1. The molecule has 0 radical (unpaired) electrons. The lowest BCUT2D eigenvalue weighted by molar-refractivity contribution is -0.122. The fourth-order valence-corrected chi connectivity index (χ4v) is 3.65. The number of carbonyl (C=O) groups excluding carboxylic acids is 2. The van der Waals surface area contributed by atoms with Gasteiger partial charge in [-0.05, 0) is 39.1 Å². The molecule has 2 amide bonds. The second kappa shape index (κ2) is 7.50. The summed E-state index contributed by atoms with van der Waals surface area (Å²) in [4.78, 5) is 33.5. The van der Waals surface area contributed by atoms with Crippen LogP contribution in [-0.2, 0) is 4.79 Å². The van der Waals surface area contributed by atoms with Gasteiger partial charge < -0.3 is 15.1 Å². The Labute approximate surface area is 162 Å². The number of fused-ring (bicyclic) bond motifs is 1. The van der Waals surface area contributed by atoms with Crippen molar-refractivity contribution in [3.05, 3.63) is 23.8 Å². The van der Waals surface area contributed by atoms with Gasteiger partial charge in [0.2, 0.25) is 5.91 Å². The molecule has 1 fully saturated rings. The number of piperazine rings is 1. The zero-order valence-corrected chi connectivity index (χ0v) is 16.8. The number of rotatable bonds is 4. The molecule has 1 aliphatic heterocycles. The Morgan fingerprint density at radius 1 is 1.27 bits per heavy atom. The summed E-state index contributed by atoms with van der Waals surface area (Å²) in [7, 11) is 2.06. The maximum atomic E-state index is 12.7. The van der Waals surface area contributed by atoms with Crippen molar-refractivity contribution in [2.45, 2.75) is 13.8 Å². The molecule has 0 atom stereocenters. The molecule has 2 aromatic rings. The molecule has 1 aromatic carbocycles. The number of alkyl halides is 1. The van der Waals surface area contributed by atoms with Gasteiger partial charge in [-0.1, -0.05) is 11.3 Å². The number of benzene rings is 1. The van der Waals surface area contributed by atoms with Crippen LogP contribution in [-0.4, -0.2) is 65.7 Å². The van der Waals surface area contributed by atoms with Crippen LogP contribution in [0.1, 0.15) is 24.2 Å². The topological polar surface area (TPSA) is 65.5 Å².